The first-order chi connectivity index (χ1) is 12.1. The molecule has 0 bridgehead atoms. The van der Waals surface area contributed by atoms with Gasteiger partial charge in [0.2, 0.25) is 11.8 Å². The average molecular weight is 345 g/mol. The van der Waals surface area contributed by atoms with Gasteiger partial charge in [-0.25, -0.2) is 0 Å². The van der Waals surface area contributed by atoms with Gasteiger partial charge < -0.3 is 19.9 Å². The number of amides is 2. The molecule has 0 aromatic heterocycles. The zero-order valence-electron chi connectivity index (χ0n) is 15.0. The van der Waals surface area contributed by atoms with E-state index in [1.165, 1.54) is 0 Å². The molecule has 136 valence electrons. The number of ether oxygens (including phenoxy) is 1. The molecule has 2 aliphatic rings. The van der Waals surface area contributed by atoms with Crippen LogP contribution in [0.1, 0.15) is 12.0 Å². The first-order valence-electron chi connectivity index (χ1n) is 8.96. The number of likely N-dealkylation sites (N-methyl/N-ethyl adjacent to an activating group) is 1. The normalized spacial score (nSPS) is 23.2. The number of piperazine rings is 1. The Labute approximate surface area is 149 Å². The molecule has 25 heavy (non-hydrogen) atoms. The molecule has 1 N–H and O–H groups in total. The van der Waals surface area contributed by atoms with Crippen LogP contribution in [0.5, 0.6) is 5.75 Å². The minimum Gasteiger partial charge on any atom is -0.497 e. The lowest BCUT2D eigenvalue weighted by atomic mass is 10.1. The van der Waals surface area contributed by atoms with E-state index in [4.69, 9.17) is 4.74 Å². The van der Waals surface area contributed by atoms with Crippen LogP contribution in [0.3, 0.4) is 0 Å². The number of hydrogen-bond donors (Lipinski definition) is 1. The lowest BCUT2D eigenvalue weighted by molar-refractivity contribution is -0.136. The molecule has 6 nitrogen and oxygen atoms in total. The molecular weight excluding hydrogens is 318 g/mol. The minimum atomic E-state index is -0.141. The van der Waals surface area contributed by atoms with Crippen molar-refractivity contribution in [2.24, 2.45) is 11.8 Å². The lowest BCUT2D eigenvalue weighted by Gasteiger charge is -2.32. The van der Waals surface area contributed by atoms with E-state index >= 15 is 0 Å². The molecule has 1 heterocycles. The van der Waals surface area contributed by atoms with Crippen molar-refractivity contribution in [3.63, 3.8) is 0 Å². The summed E-state index contributed by atoms with van der Waals surface area (Å²) in [4.78, 5) is 28.8. The number of methoxy groups -OCH3 is 1. The number of nitrogens with one attached hydrogen (secondary N) is 1. The lowest BCUT2D eigenvalue weighted by Crippen LogP contribution is -2.48. The third-order valence-corrected chi connectivity index (χ3v) is 5.11. The highest BCUT2D eigenvalue weighted by molar-refractivity contribution is 5.92. The quantitative estimate of drug-likeness (QED) is 0.827. The number of benzene rings is 1. The molecular formula is C19H27N3O3. The minimum absolute atomic E-state index is 0.00961. The zero-order valence-corrected chi connectivity index (χ0v) is 15.0. The third-order valence-electron chi connectivity index (χ3n) is 5.11. The number of carbonyl (C=O) groups excluding carboxylic acids is 2. The molecule has 6 heteroatoms. The Balaban J connectivity index is 1.40. The molecule has 1 saturated heterocycles. The van der Waals surface area contributed by atoms with Gasteiger partial charge in [0.1, 0.15) is 5.75 Å². The van der Waals surface area contributed by atoms with E-state index in [0.29, 0.717) is 13.0 Å². The second-order valence-corrected chi connectivity index (χ2v) is 6.97. The number of nitrogens with zero attached hydrogens (tertiary/aromatic N) is 2. The molecule has 1 aromatic rings. The molecule has 2 fully saturated rings. The molecule has 2 unspecified atom stereocenters. The van der Waals surface area contributed by atoms with E-state index in [1.807, 2.05) is 29.2 Å². The fourth-order valence-corrected chi connectivity index (χ4v) is 3.31. The van der Waals surface area contributed by atoms with Gasteiger partial charge in [-0.05, 0) is 37.6 Å². The Kier molecular flexibility index (Phi) is 5.58. The van der Waals surface area contributed by atoms with Crippen LogP contribution in [0.25, 0.3) is 0 Å². The molecule has 3 rings (SSSR count). The summed E-state index contributed by atoms with van der Waals surface area (Å²) in [6.45, 7) is 3.95. The molecule has 0 radical (unpaired) electrons. The van der Waals surface area contributed by atoms with Gasteiger partial charge in [-0.15, -0.1) is 0 Å². The first kappa shape index (κ1) is 17.7. The number of hydrogen-bond acceptors (Lipinski definition) is 4. The molecule has 0 spiro atoms. The predicted octanol–water partition coefficient (Wildman–Crippen LogP) is 0.764. The fourth-order valence-electron chi connectivity index (χ4n) is 3.31. The summed E-state index contributed by atoms with van der Waals surface area (Å²) in [6.07, 6.45) is 1.45. The Morgan fingerprint density at radius 1 is 1.20 bits per heavy atom. The SMILES string of the molecule is COc1cccc(CCNC(=O)C2CC2C(=O)N2CCN(C)CC2)c1. The van der Waals surface area contributed by atoms with Crippen molar-refractivity contribution >= 4 is 11.8 Å². The molecule has 1 aliphatic carbocycles. The van der Waals surface area contributed by atoms with Gasteiger partial charge in [-0.3, -0.25) is 9.59 Å². The molecule has 2 atom stereocenters. The summed E-state index contributed by atoms with van der Waals surface area (Å²) in [6, 6.07) is 7.84. The van der Waals surface area contributed by atoms with E-state index in [2.05, 4.69) is 17.3 Å². The van der Waals surface area contributed by atoms with Gasteiger partial charge in [0.25, 0.3) is 0 Å². The van der Waals surface area contributed by atoms with Crippen LogP contribution in [-0.4, -0.2) is 68.5 Å². The van der Waals surface area contributed by atoms with E-state index in [-0.39, 0.29) is 23.7 Å². The predicted molar refractivity (Wildman–Crippen MR) is 95.4 cm³/mol. The second kappa shape index (κ2) is 7.87. The van der Waals surface area contributed by atoms with Gasteiger partial charge in [-0.1, -0.05) is 12.1 Å². The van der Waals surface area contributed by atoms with Gasteiger partial charge in [-0.2, -0.15) is 0 Å². The molecule has 2 amide bonds. The average Bonchev–Trinajstić information content (AvgIpc) is 3.43. The smallest absolute Gasteiger partial charge is 0.226 e. The summed E-state index contributed by atoms with van der Waals surface area (Å²) in [5.74, 6) is 0.734. The van der Waals surface area contributed by atoms with Crippen molar-refractivity contribution < 1.29 is 14.3 Å². The summed E-state index contributed by atoms with van der Waals surface area (Å²) < 4.78 is 5.20. The van der Waals surface area contributed by atoms with Crippen molar-refractivity contribution in [3.05, 3.63) is 29.8 Å². The maximum absolute atomic E-state index is 12.5. The van der Waals surface area contributed by atoms with Crippen LogP contribution in [0, 0.1) is 11.8 Å². The van der Waals surface area contributed by atoms with Crippen molar-refractivity contribution in [3.8, 4) is 5.75 Å². The van der Waals surface area contributed by atoms with Crippen molar-refractivity contribution in [2.45, 2.75) is 12.8 Å². The summed E-state index contributed by atoms with van der Waals surface area (Å²) in [5.41, 5.74) is 1.13. The fraction of sp³-hybridized carbons (Fsp3) is 0.579. The van der Waals surface area contributed by atoms with Crippen LogP contribution in [-0.2, 0) is 16.0 Å². The topological polar surface area (TPSA) is 61.9 Å². The highest BCUT2D eigenvalue weighted by Gasteiger charge is 2.49. The summed E-state index contributed by atoms with van der Waals surface area (Å²) >= 11 is 0. The maximum Gasteiger partial charge on any atom is 0.226 e. The van der Waals surface area contributed by atoms with Crippen molar-refractivity contribution in [1.82, 2.24) is 15.1 Å². The number of rotatable bonds is 6. The Hall–Kier alpha value is -2.08. The maximum atomic E-state index is 12.5. The van der Waals surface area contributed by atoms with Gasteiger partial charge in [0, 0.05) is 32.7 Å². The van der Waals surface area contributed by atoms with Gasteiger partial charge in [0.05, 0.1) is 18.9 Å². The van der Waals surface area contributed by atoms with Crippen molar-refractivity contribution in [1.29, 1.82) is 0 Å². The van der Waals surface area contributed by atoms with Gasteiger partial charge in [0.15, 0.2) is 0 Å². The Morgan fingerprint density at radius 2 is 1.96 bits per heavy atom. The van der Waals surface area contributed by atoms with Crippen LogP contribution in [0.2, 0.25) is 0 Å². The molecule has 1 aromatic carbocycles. The van der Waals surface area contributed by atoms with E-state index in [1.54, 1.807) is 7.11 Å². The first-order valence-corrected chi connectivity index (χ1v) is 8.96. The van der Waals surface area contributed by atoms with E-state index in [9.17, 15) is 9.59 Å². The van der Waals surface area contributed by atoms with Crippen LogP contribution in [0.4, 0.5) is 0 Å². The molecule has 1 aliphatic heterocycles. The van der Waals surface area contributed by atoms with E-state index in [0.717, 1.165) is 43.9 Å². The zero-order chi connectivity index (χ0) is 17.8. The highest BCUT2D eigenvalue weighted by Crippen LogP contribution is 2.40. The summed E-state index contributed by atoms with van der Waals surface area (Å²) in [5, 5.41) is 2.97. The summed E-state index contributed by atoms with van der Waals surface area (Å²) in [7, 11) is 3.71. The van der Waals surface area contributed by atoms with Crippen LogP contribution >= 0.6 is 0 Å². The molecule has 1 saturated carbocycles. The standard InChI is InChI=1S/C19H27N3O3/c1-21-8-10-22(11-9-21)19(24)17-13-16(17)18(23)20-7-6-14-4-3-5-15(12-14)25-2/h3-5,12,16-17H,6-11,13H2,1-2H3,(H,20,23). The van der Waals surface area contributed by atoms with Crippen LogP contribution in [0.15, 0.2) is 24.3 Å². The second-order valence-electron chi connectivity index (χ2n) is 6.97. The monoisotopic (exact) mass is 345 g/mol. The third kappa shape index (κ3) is 4.51. The van der Waals surface area contributed by atoms with Gasteiger partial charge >= 0.3 is 0 Å². The Morgan fingerprint density at radius 3 is 2.68 bits per heavy atom. The van der Waals surface area contributed by atoms with Crippen LogP contribution < -0.4 is 10.1 Å². The van der Waals surface area contributed by atoms with E-state index < -0.39 is 0 Å². The number of carbonyl (C=O) groups is 2. The highest BCUT2D eigenvalue weighted by atomic mass is 16.5. The Bertz CT molecular complexity index is 626. The van der Waals surface area contributed by atoms with Crippen molar-refractivity contribution in [2.75, 3.05) is 46.9 Å². The largest absolute Gasteiger partial charge is 0.497 e.